The van der Waals surface area contributed by atoms with Crippen LogP contribution < -0.4 is 10.6 Å². The number of hydrogen-bond acceptors (Lipinski definition) is 5. The molecule has 0 aliphatic heterocycles. The van der Waals surface area contributed by atoms with Gasteiger partial charge in [0.25, 0.3) is 5.91 Å². The normalized spacial score (nSPS) is 11.4. The number of anilines is 1. The van der Waals surface area contributed by atoms with Crippen molar-refractivity contribution in [3.05, 3.63) is 30.3 Å². The molecule has 0 aliphatic carbocycles. The summed E-state index contributed by atoms with van der Waals surface area (Å²) in [7, 11) is 1.57. The number of oxime groups is 1. The number of amidine groups is 1. The Morgan fingerprint density at radius 3 is 2.67 bits per heavy atom. The summed E-state index contributed by atoms with van der Waals surface area (Å²) in [6.45, 7) is 1.05. The lowest BCUT2D eigenvalue weighted by Crippen LogP contribution is -2.36. The number of carbonyl (C=O) groups is 1. The van der Waals surface area contributed by atoms with E-state index < -0.39 is 0 Å². The van der Waals surface area contributed by atoms with Gasteiger partial charge in [-0.15, -0.1) is 0 Å². The molecular weight excluding hydrogens is 274 g/mol. The summed E-state index contributed by atoms with van der Waals surface area (Å²) in [5.74, 6) is -0.118. The van der Waals surface area contributed by atoms with Gasteiger partial charge in [-0.2, -0.15) is 0 Å². The highest BCUT2D eigenvalue weighted by Gasteiger charge is 2.16. The van der Waals surface area contributed by atoms with Gasteiger partial charge < -0.3 is 25.3 Å². The Kier molecular flexibility index (Phi) is 7.85. The molecule has 7 heteroatoms. The molecular formula is C14H21N3O4. The van der Waals surface area contributed by atoms with Crippen molar-refractivity contribution < 1.29 is 19.5 Å². The van der Waals surface area contributed by atoms with Gasteiger partial charge in [0, 0.05) is 25.8 Å². The number of amides is 1. The van der Waals surface area contributed by atoms with E-state index in [0.717, 1.165) is 5.69 Å². The van der Waals surface area contributed by atoms with Gasteiger partial charge in [-0.05, 0) is 12.1 Å². The molecule has 7 nitrogen and oxygen atoms in total. The SMILES string of the molecule is COCCOCC(=O)N(CC/C(N)=N/O)c1ccccc1. The summed E-state index contributed by atoms with van der Waals surface area (Å²) in [6.07, 6.45) is 0.273. The molecule has 1 rings (SSSR count). The second-order valence-electron chi connectivity index (χ2n) is 4.27. The molecule has 21 heavy (non-hydrogen) atoms. The fourth-order valence-corrected chi connectivity index (χ4v) is 1.66. The highest BCUT2D eigenvalue weighted by Crippen LogP contribution is 2.14. The molecule has 0 saturated heterocycles. The number of ether oxygens (including phenoxy) is 2. The van der Waals surface area contributed by atoms with E-state index in [1.807, 2.05) is 30.3 Å². The third-order valence-electron chi connectivity index (χ3n) is 2.75. The van der Waals surface area contributed by atoms with Crippen molar-refractivity contribution in [3.8, 4) is 0 Å². The zero-order valence-corrected chi connectivity index (χ0v) is 12.1. The van der Waals surface area contributed by atoms with Gasteiger partial charge in [-0.25, -0.2) is 0 Å². The van der Waals surface area contributed by atoms with E-state index in [4.69, 9.17) is 20.4 Å². The van der Waals surface area contributed by atoms with Gasteiger partial charge in [0.05, 0.1) is 13.2 Å². The first-order valence-corrected chi connectivity index (χ1v) is 6.57. The molecule has 0 heterocycles. The first kappa shape index (κ1) is 16.9. The Balaban J connectivity index is 2.65. The van der Waals surface area contributed by atoms with Crippen LogP contribution in [0, 0.1) is 0 Å². The van der Waals surface area contributed by atoms with Gasteiger partial charge in [-0.3, -0.25) is 4.79 Å². The van der Waals surface area contributed by atoms with Gasteiger partial charge >= 0.3 is 0 Å². The molecule has 0 spiro atoms. The van der Waals surface area contributed by atoms with Crippen LogP contribution in [0.2, 0.25) is 0 Å². The summed E-state index contributed by atoms with van der Waals surface area (Å²) in [5, 5.41) is 11.5. The maximum Gasteiger partial charge on any atom is 0.252 e. The lowest BCUT2D eigenvalue weighted by molar-refractivity contribution is -0.123. The van der Waals surface area contributed by atoms with Gasteiger partial charge in [0.15, 0.2) is 0 Å². The Morgan fingerprint density at radius 2 is 2.05 bits per heavy atom. The second kappa shape index (κ2) is 9.73. The second-order valence-corrected chi connectivity index (χ2v) is 4.27. The standard InChI is InChI=1S/C14H21N3O4/c1-20-9-10-21-11-14(18)17(8-7-13(15)16-19)12-5-3-2-4-6-12/h2-6,19H,7-11H2,1H3,(H2,15,16). The third-order valence-corrected chi connectivity index (χ3v) is 2.75. The van der Waals surface area contributed by atoms with Crippen LogP contribution in [0.15, 0.2) is 35.5 Å². The molecule has 116 valence electrons. The van der Waals surface area contributed by atoms with Crippen molar-refractivity contribution in [2.75, 3.05) is 38.4 Å². The molecule has 1 amide bonds. The minimum absolute atomic E-state index is 0.0472. The van der Waals surface area contributed by atoms with Crippen LogP contribution in [0.1, 0.15) is 6.42 Å². The van der Waals surface area contributed by atoms with Crippen LogP contribution >= 0.6 is 0 Å². The zero-order valence-electron chi connectivity index (χ0n) is 12.1. The largest absolute Gasteiger partial charge is 0.409 e. The third kappa shape index (κ3) is 6.24. The van der Waals surface area contributed by atoms with E-state index in [1.165, 1.54) is 0 Å². The first-order chi connectivity index (χ1) is 10.2. The number of methoxy groups -OCH3 is 1. The molecule has 0 bridgehead atoms. The quantitative estimate of drug-likeness (QED) is 0.231. The van der Waals surface area contributed by atoms with E-state index in [-0.39, 0.29) is 24.8 Å². The van der Waals surface area contributed by atoms with Crippen LogP contribution in [0.5, 0.6) is 0 Å². The van der Waals surface area contributed by atoms with Crippen LogP contribution in [-0.4, -0.2) is 50.4 Å². The molecule has 0 atom stereocenters. The molecule has 0 fully saturated rings. The van der Waals surface area contributed by atoms with Crippen LogP contribution in [0.4, 0.5) is 5.69 Å². The predicted molar refractivity (Wildman–Crippen MR) is 79.5 cm³/mol. The Bertz CT molecular complexity index is 451. The summed E-state index contributed by atoms with van der Waals surface area (Å²) in [6, 6.07) is 9.18. The molecule has 0 aromatic heterocycles. The van der Waals surface area contributed by atoms with Crippen molar-refractivity contribution in [2.45, 2.75) is 6.42 Å². The lowest BCUT2D eigenvalue weighted by atomic mass is 10.2. The Labute approximate surface area is 123 Å². The van der Waals surface area contributed by atoms with Gasteiger partial charge in [0.2, 0.25) is 0 Å². The topological polar surface area (TPSA) is 97.4 Å². The highest BCUT2D eigenvalue weighted by atomic mass is 16.5. The van der Waals surface area contributed by atoms with Gasteiger partial charge in [0.1, 0.15) is 12.4 Å². The first-order valence-electron chi connectivity index (χ1n) is 6.57. The summed E-state index contributed by atoms with van der Waals surface area (Å²) in [4.78, 5) is 13.8. The maximum atomic E-state index is 12.2. The van der Waals surface area contributed by atoms with Crippen molar-refractivity contribution in [3.63, 3.8) is 0 Å². The number of benzene rings is 1. The minimum atomic E-state index is -0.192. The summed E-state index contributed by atoms with van der Waals surface area (Å²) in [5.41, 5.74) is 6.19. The molecule has 1 aromatic rings. The van der Waals surface area contributed by atoms with E-state index in [1.54, 1.807) is 12.0 Å². The number of carbonyl (C=O) groups excluding carboxylic acids is 1. The van der Waals surface area contributed by atoms with Crippen molar-refractivity contribution in [2.24, 2.45) is 10.9 Å². The average molecular weight is 295 g/mol. The van der Waals surface area contributed by atoms with Crippen LogP contribution in [-0.2, 0) is 14.3 Å². The molecule has 1 aromatic carbocycles. The minimum Gasteiger partial charge on any atom is -0.409 e. The summed E-state index contributed by atoms with van der Waals surface area (Å²) >= 11 is 0. The number of rotatable bonds is 9. The fraction of sp³-hybridized carbons (Fsp3) is 0.429. The van der Waals surface area contributed by atoms with Gasteiger partial charge in [-0.1, -0.05) is 23.4 Å². The molecule has 0 radical (unpaired) electrons. The van der Waals surface area contributed by atoms with Crippen molar-refractivity contribution in [1.29, 1.82) is 0 Å². The molecule has 0 saturated carbocycles. The zero-order chi connectivity index (χ0) is 15.5. The number of hydrogen-bond donors (Lipinski definition) is 2. The number of nitrogens with two attached hydrogens (primary N) is 1. The van der Waals surface area contributed by atoms with E-state index in [0.29, 0.717) is 19.8 Å². The highest BCUT2D eigenvalue weighted by molar-refractivity contribution is 5.95. The monoisotopic (exact) mass is 295 g/mol. The fourth-order valence-electron chi connectivity index (χ4n) is 1.66. The molecule has 3 N–H and O–H groups in total. The summed E-state index contributed by atoms with van der Waals surface area (Å²) < 4.78 is 10.1. The van der Waals surface area contributed by atoms with Crippen molar-refractivity contribution >= 4 is 17.4 Å². The smallest absolute Gasteiger partial charge is 0.252 e. The molecule has 0 aliphatic rings. The maximum absolute atomic E-state index is 12.2. The van der Waals surface area contributed by atoms with Crippen molar-refractivity contribution in [1.82, 2.24) is 0 Å². The van der Waals surface area contributed by atoms with E-state index in [2.05, 4.69) is 5.16 Å². The Morgan fingerprint density at radius 1 is 1.33 bits per heavy atom. The van der Waals surface area contributed by atoms with E-state index in [9.17, 15) is 4.79 Å². The molecule has 0 unspecified atom stereocenters. The predicted octanol–water partition coefficient (Wildman–Crippen LogP) is 0.819. The average Bonchev–Trinajstić information content (AvgIpc) is 2.52. The van der Waals surface area contributed by atoms with Crippen LogP contribution in [0.3, 0.4) is 0 Å². The lowest BCUT2D eigenvalue weighted by Gasteiger charge is -2.22. The number of para-hydroxylation sites is 1. The number of nitrogens with zero attached hydrogens (tertiary/aromatic N) is 2. The van der Waals surface area contributed by atoms with E-state index >= 15 is 0 Å². The van der Waals surface area contributed by atoms with Crippen LogP contribution in [0.25, 0.3) is 0 Å². The Hall–Kier alpha value is -2.12.